The number of rotatable bonds is 4. The second kappa shape index (κ2) is 7.71. The summed E-state index contributed by atoms with van der Waals surface area (Å²) in [6, 6.07) is -0.839. The van der Waals surface area contributed by atoms with Crippen molar-refractivity contribution in [1.29, 1.82) is 0 Å². The third-order valence-corrected chi connectivity index (χ3v) is 4.44. The van der Waals surface area contributed by atoms with Crippen LogP contribution in [-0.2, 0) is 9.47 Å². The maximum atomic E-state index is 13.4. The molecule has 1 heterocycles. The molecule has 134 valence electrons. The number of hydrogen-bond acceptors (Lipinski definition) is 5. The monoisotopic (exact) mass is 343 g/mol. The van der Waals surface area contributed by atoms with E-state index in [0.717, 1.165) is 0 Å². The Morgan fingerprint density at radius 2 is 2.00 bits per heavy atom. The van der Waals surface area contributed by atoms with Crippen molar-refractivity contribution in [1.82, 2.24) is 14.5 Å². The number of carbonyl (C=O) groups excluding carboxylic acids is 1. The minimum Gasteiger partial charge on any atom is -0.379 e. The molecule has 0 aromatic carbocycles. The number of nitrogens with zero attached hydrogens (tertiary/aromatic N) is 2. The number of ether oxygens (including phenoxy) is 2. The molecule has 1 saturated carbocycles. The van der Waals surface area contributed by atoms with Crippen molar-refractivity contribution in [2.24, 2.45) is 0 Å². The largest absolute Gasteiger partial charge is 0.379 e. The van der Waals surface area contributed by atoms with Crippen LogP contribution in [0.5, 0.6) is 0 Å². The summed E-state index contributed by atoms with van der Waals surface area (Å²) in [4.78, 5) is 38.8. The van der Waals surface area contributed by atoms with E-state index in [1.54, 1.807) is 26.1 Å². The van der Waals surface area contributed by atoms with Gasteiger partial charge in [-0.2, -0.15) is 4.39 Å². The van der Waals surface area contributed by atoms with Crippen LogP contribution < -0.4 is 11.2 Å². The predicted octanol–water partition coefficient (Wildman–Crippen LogP) is 0.548. The number of H-pyrrole nitrogens is 1. The van der Waals surface area contributed by atoms with Crippen LogP contribution in [0.1, 0.15) is 26.2 Å². The first-order valence-corrected chi connectivity index (χ1v) is 7.80. The molecule has 0 aliphatic heterocycles. The smallest absolute Gasteiger partial charge is 0.336 e. The van der Waals surface area contributed by atoms with Gasteiger partial charge in [-0.25, -0.2) is 14.2 Å². The van der Waals surface area contributed by atoms with Crippen LogP contribution in [-0.4, -0.2) is 59.5 Å². The van der Waals surface area contributed by atoms with E-state index in [4.69, 9.17) is 9.47 Å². The van der Waals surface area contributed by atoms with Crippen molar-refractivity contribution >= 4 is 6.03 Å². The zero-order chi connectivity index (χ0) is 17.9. The molecule has 0 spiro atoms. The Labute approximate surface area is 138 Å². The molecule has 2 rings (SSSR count). The standard InChI is InChI=1S/C15H22FN3O5/c1-4-18(9-5-6-11(23-2)12(7-9)24-3)15(22)19-8-10(16)13(20)17-14(19)21/h8-9,11-12H,4-7H2,1-3H3,(H,17,20,21). The molecule has 0 saturated heterocycles. The van der Waals surface area contributed by atoms with Crippen LogP contribution >= 0.6 is 0 Å². The maximum Gasteiger partial charge on any atom is 0.336 e. The lowest BCUT2D eigenvalue weighted by Gasteiger charge is -2.39. The fourth-order valence-corrected chi connectivity index (χ4v) is 3.16. The fraction of sp³-hybridized carbons (Fsp3) is 0.667. The number of hydrogen-bond donors (Lipinski definition) is 1. The molecule has 0 radical (unpaired) electrons. The van der Waals surface area contributed by atoms with Crippen LogP contribution in [0, 0.1) is 5.82 Å². The summed E-state index contributed by atoms with van der Waals surface area (Å²) >= 11 is 0. The highest BCUT2D eigenvalue weighted by Gasteiger charge is 2.35. The molecule has 1 fully saturated rings. The van der Waals surface area contributed by atoms with Crippen LogP contribution in [0.25, 0.3) is 0 Å². The second-order valence-electron chi connectivity index (χ2n) is 5.69. The summed E-state index contributed by atoms with van der Waals surface area (Å²) < 4.78 is 24.8. The van der Waals surface area contributed by atoms with Crippen molar-refractivity contribution in [2.75, 3.05) is 20.8 Å². The van der Waals surface area contributed by atoms with E-state index in [-0.39, 0.29) is 18.2 Å². The van der Waals surface area contributed by atoms with E-state index in [2.05, 4.69) is 0 Å². The van der Waals surface area contributed by atoms with Crippen molar-refractivity contribution in [3.8, 4) is 0 Å². The lowest BCUT2D eigenvalue weighted by Crippen LogP contribution is -2.51. The van der Waals surface area contributed by atoms with Gasteiger partial charge in [-0.05, 0) is 26.2 Å². The SMILES string of the molecule is CCN(C(=O)n1cc(F)c(=O)[nH]c1=O)C1CCC(OC)C(OC)C1. The van der Waals surface area contributed by atoms with Gasteiger partial charge in [0.15, 0.2) is 0 Å². The summed E-state index contributed by atoms with van der Waals surface area (Å²) in [6.45, 7) is 2.11. The number of aromatic nitrogens is 2. The van der Waals surface area contributed by atoms with E-state index in [1.807, 2.05) is 0 Å². The molecule has 1 aromatic heterocycles. The molecular weight excluding hydrogens is 321 g/mol. The van der Waals surface area contributed by atoms with Crippen molar-refractivity contribution in [2.45, 2.75) is 44.4 Å². The van der Waals surface area contributed by atoms with Crippen LogP contribution in [0.3, 0.4) is 0 Å². The third-order valence-electron chi connectivity index (χ3n) is 4.44. The summed E-state index contributed by atoms with van der Waals surface area (Å²) in [5, 5.41) is 0. The van der Waals surface area contributed by atoms with E-state index in [9.17, 15) is 18.8 Å². The van der Waals surface area contributed by atoms with E-state index in [1.165, 1.54) is 4.90 Å². The van der Waals surface area contributed by atoms with Crippen LogP contribution in [0.15, 0.2) is 15.8 Å². The Hall–Kier alpha value is -2.00. The number of carbonyl (C=O) groups is 1. The van der Waals surface area contributed by atoms with Gasteiger partial charge < -0.3 is 14.4 Å². The Balaban J connectivity index is 2.25. The Morgan fingerprint density at radius 1 is 1.33 bits per heavy atom. The number of methoxy groups -OCH3 is 2. The quantitative estimate of drug-likeness (QED) is 0.862. The first kappa shape index (κ1) is 18.3. The number of amides is 1. The van der Waals surface area contributed by atoms with Gasteiger partial charge in [0.25, 0.3) is 5.56 Å². The normalized spacial score (nSPS) is 23.9. The Kier molecular flexibility index (Phi) is 5.89. The molecule has 0 bridgehead atoms. The van der Waals surface area contributed by atoms with Crippen molar-refractivity contribution in [3.63, 3.8) is 0 Å². The Morgan fingerprint density at radius 3 is 2.58 bits per heavy atom. The van der Waals surface area contributed by atoms with Crippen molar-refractivity contribution in [3.05, 3.63) is 32.9 Å². The van der Waals surface area contributed by atoms with Gasteiger partial charge in [0.1, 0.15) is 0 Å². The Bertz CT molecular complexity index is 701. The van der Waals surface area contributed by atoms with Gasteiger partial charge in [0.2, 0.25) is 5.82 Å². The molecule has 3 unspecified atom stereocenters. The number of halogens is 1. The molecule has 1 aromatic rings. The molecule has 3 atom stereocenters. The predicted molar refractivity (Wildman–Crippen MR) is 83.7 cm³/mol. The minimum atomic E-state index is -1.18. The van der Waals surface area contributed by atoms with Gasteiger partial charge in [0.05, 0.1) is 18.4 Å². The second-order valence-corrected chi connectivity index (χ2v) is 5.69. The molecule has 8 nitrogen and oxygen atoms in total. The third kappa shape index (κ3) is 3.57. The zero-order valence-corrected chi connectivity index (χ0v) is 14.0. The van der Waals surface area contributed by atoms with Gasteiger partial charge in [-0.1, -0.05) is 0 Å². The summed E-state index contributed by atoms with van der Waals surface area (Å²) in [6.07, 6.45) is 2.35. The first-order chi connectivity index (χ1) is 11.4. The molecule has 24 heavy (non-hydrogen) atoms. The van der Waals surface area contributed by atoms with Crippen molar-refractivity contribution < 1.29 is 18.7 Å². The van der Waals surface area contributed by atoms with E-state index in [0.29, 0.717) is 36.6 Å². The molecule has 1 aliphatic rings. The molecule has 1 N–H and O–H groups in total. The average Bonchev–Trinajstić information content (AvgIpc) is 2.58. The fourth-order valence-electron chi connectivity index (χ4n) is 3.16. The molecule has 1 amide bonds. The number of nitrogens with one attached hydrogen (secondary N) is 1. The lowest BCUT2D eigenvalue weighted by molar-refractivity contribution is -0.0730. The summed E-state index contributed by atoms with van der Waals surface area (Å²) in [5.41, 5.74) is -2.11. The number of aromatic amines is 1. The minimum absolute atomic E-state index is 0.0479. The molecular formula is C15H22FN3O5. The summed E-state index contributed by atoms with van der Waals surface area (Å²) in [7, 11) is 3.20. The van der Waals surface area contributed by atoms with Crippen LogP contribution in [0.2, 0.25) is 0 Å². The lowest BCUT2D eigenvalue weighted by atomic mass is 9.89. The van der Waals surface area contributed by atoms with Gasteiger partial charge in [0, 0.05) is 26.8 Å². The summed E-state index contributed by atoms with van der Waals surface area (Å²) in [5.74, 6) is -1.18. The van der Waals surface area contributed by atoms with E-state index >= 15 is 0 Å². The average molecular weight is 343 g/mol. The van der Waals surface area contributed by atoms with Gasteiger partial charge >= 0.3 is 11.7 Å². The van der Waals surface area contributed by atoms with Gasteiger partial charge in [-0.3, -0.25) is 9.78 Å². The van der Waals surface area contributed by atoms with E-state index < -0.39 is 23.1 Å². The highest BCUT2D eigenvalue weighted by molar-refractivity contribution is 5.76. The highest BCUT2D eigenvalue weighted by Crippen LogP contribution is 2.27. The van der Waals surface area contributed by atoms with Gasteiger partial charge in [-0.15, -0.1) is 0 Å². The van der Waals surface area contributed by atoms with Crippen LogP contribution in [0.4, 0.5) is 9.18 Å². The highest BCUT2D eigenvalue weighted by atomic mass is 19.1. The first-order valence-electron chi connectivity index (χ1n) is 7.80. The molecule has 1 aliphatic carbocycles. The maximum absolute atomic E-state index is 13.4. The topological polar surface area (TPSA) is 93.6 Å². The molecule has 9 heteroatoms. The zero-order valence-electron chi connectivity index (χ0n) is 14.0.